The number of imide groups is 1. The topological polar surface area (TPSA) is 84.9 Å². The molecule has 3 amide bonds. The Kier molecular flexibility index (Phi) is 9.79. The van der Waals surface area contributed by atoms with Crippen molar-refractivity contribution in [3.63, 3.8) is 0 Å². The normalized spacial score (nSPS) is 14.2. The van der Waals surface area contributed by atoms with E-state index in [0.29, 0.717) is 39.3 Å². The van der Waals surface area contributed by atoms with Crippen LogP contribution in [0.5, 0.6) is 11.5 Å². The molecule has 1 aliphatic heterocycles. The fourth-order valence-electron chi connectivity index (χ4n) is 4.05. The average Bonchev–Trinajstić information content (AvgIpc) is 3.18. The maximum atomic E-state index is 13.0. The zero-order chi connectivity index (χ0) is 28.8. The first-order valence-electron chi connectivity index (χ1n) is 12.6. The minimum Gasteiger partial charge on any atom is -0.490 e. The van der Waals surface area contributed by atoms with Crippen LogP contribution in [0.15, 0.2) is 65.6 Å². The van der Waals surface area contributed by atoms with Crippen molar-refractivity contribution < 1.29 is 23.9 Å². The lowest BCUT2D eigenvalue weighted by molar-refractivity contribution is -0.123. The van der Waals surface area contributed by atoms with Crippen molar-refractivity contribution in [1.82, 2.24) is 4.90 Å². The highest BCUT2D eigenvalue weighted by atomic mass is 35.5. The summed E-state index contributed by atoms with van der Waals surface area (Å²) in [5.74, 6) is 0.362. The van der Waals surface area contributed by atoms with Gasteiger partial charge in [0.1, 0.15) is 0 Å². The Morgan fingerprint density at radius 1 is 1.00 bits per heavy atom. The quantitative estimate of drug-likeness (QED) is 0.240. The number of carbonyl (C=O) groups excluding carboxylic acids is 3. The highest BCUT2D eigenvalue weighted by Gasteiger charge is 2.35. The Morgan fingerprint density at radius 2 is 1.77 bits per heavy atom. The van der Waals surface area contributed by atoms with E-state index in [2.05, 4.69) is 19.2 Å². The molecule has 1 N–H and O–H groups in total. The Hall–Kier alpha value is -3.46. The third kappa shape index (κ3) is 7.18. The first kappa shape index (κ1) is 29.5. The van der Waals surface area contributed by atoms with E-state index in [1.54, 1.807) is 42.5 Å². The lowest BCUT2D eigenvalue weighted by Gasteiger charge is -2.15. The molecule has 1 heterocycles. The molecule has 7 nitrogen and oxygen atoms in total. The van der Waals surface area contributed by atoms with Gasteiger partial charge in [-0.1, -0.05) is 67.4 Å². The molecule has 1 aliphatic rings. The van der Waals surface area contributed by atoms with Gasteiger partial charge in [-0.3, -0.25) is 19.3 Å². The fourth-order valence-corrected chi connectivity index (χ4v) is 5.21. The van der Waals surface area contributed by atoms with Crippen LogP contribution in [0.1, 0.15) is 43.4 Å². The van der Waals surface area contributed by atoms with E-state index < -0.39 is 5.91 Å². The lowest BCUT2D eigenvalue weighted by atomic mass is 10.0. The van der Waals surface area contributed by atoms with Gasteiger partial charge in [0.15, 0.2) is 18.1 Å². The summed E-state index contributed by atoms with van der Waals surface area (Å²) >= 11 is 12.9. The van der Waals surface area contributed by atoms with Crippen molar-refractivity contribution in [2.24, 2.45) is 0 Å². The van der Waals surface area contributed by atoms with Crippen molar-refractivity contribution in [2.75, 3.05) is 18.5 Å². The molecule has 0 aliphatic carbocycles. The highest BCUT2D eigenvalue weighted by Crippen LogP contribution is 2.36. The second kappa shape index (κ2) is 13.3. The summed E-state index contributed by atoms with van der Waals surface area (Å²) in [5, 5.41) is 3.28. The molecule has 10 heteroatoms. The number of carbonyl (C=O) groups is 3. The second-order valence-electron chi connectivity index (χ2n) is 9.23. The molecular formula is C30H28Cl2N2O5S. The van der Waals surface area contributed by atoms with Gasteiger partial charge in [0.05, 0.1) is 28.1 Å². The van der Waals surface area contributed by atoms with Gasteiger partial charge in [0, 0.05) is 5.69 Å². The van der Waals surface area contributed by atoms with Crippen LogP contribution in [0.4, 0.5) is 10.5 Å². The van der Waals surface area contributed by atoms with Gasteiger partial charge >= 0.3 is 0 Å². The number of hydrogen-bond donors (Lipinski definition) is 1. The number of amides is 3. The first-order valence-corrected chi connectivity index (χ1v) is 14.2. The summed E-state index contributed by atoms with van der Waals surface area (Å²) in [7, 11) is 0. The summed E-state index contributed by atoms with van der Waals surface area (Å²) in [6, 6.07) is 17.7. The average molecular weight is 600 g/mol. The highest BCUT2D eigenvalue weighted by molar-refractivity contribution is 8.18. The third-order valence-electron chi connectivity index (χ3n) is 5.98. The largest absolute Gasteiger partial charge is 0.490 e. The third-order valence-corrected chi connectivity index (χ3v) is 7.63. The summed E-state index contributed by atoms with van der Waals surface area (Å²) in [6.45, 7) is 6.20. The van der Waals surface area contributed by atoms with E-state index in [4.69, 9.17) is 32.7 Å². The number of halogens is 2. The molecule has 0 spiro atoms. The van der Waals surface area contributed by atoms with E-state index in [1.807, 2.05) is 31.2 Å². The Balaban J connectivity index is 1.45. The lowest BCUT2D eigenvalue weighted by Crippen LogP contribution is -2.27. The number of thioether (sulfide) groups is 1. The molecule has 1 fully saturated rings. The van der Waals surface area contributed by atoms with Crippen molar-refractivity contribution in [3.05, 3.63) is 92.3 Å². The molecule has 0 aromatic heterocycles. The van der Waals surface area contributed by atoms with E-state index in [1.165, 1.54) is 0 Å². The number of benzene rings is 3. The van der Waals surface area contributed by atoms with Gasteiger partial charge in [-0.25, -0.2) is 0 Å². The van der Waals surface area contributed by atoms with Gasteiger partial charge < -0.3 is 14.8 Å². The number of nitrogens with one attached hydrogen (secondary N) is 1. The smallest absolute Gasteiger partial charge is 0.293 e. The molecule has 0 saturated carbocycles. The number of nitrogens with zero attached hydrogens (tertiary/aromatic N) is 1. The van der Waals surface area contributed by atoms with Crippen LogP contribution in [0.2, 0.25) is 10.0 Å². The molecule has 3 aromatic rings. The predicted octanol–water partition coefficient (Wildman–Crippen LogP) is 7.77. The van der Waals surface area contributed by atoms with Crippen molar-refractivity contribution in [3.8, 4) is 11.5 Å². The summed E-state index contributed by atoms with van der Waals surface area (Å²) < 4.78 is 11.5. The molecule has 0 radical (unpaired) electrons. The maximum absolute atomic E-state index is 13.0. The van der Waals surface area contributed by atoms with E-state index in [0.717, 1.165) is 27.9 Å². The minimum absolute atomic E-state index is 0.0829. The molecule has 40 heavy (non-hydrogen) atoms. The Bertz CT molecular complexity index is 1470. The fraction of sp³-hybridized carbons (Fsp3) is 0.233. The summed E-state index contributed by atoms with van der Waals surface area (Å²) in [6.07, 6.45) is 1.63. The molecule has 4 rings (SSSR count). The second-order valence-corrected chi connectivity index (χ2v) is 11.0. The van der Waals surface area contributed by atoms with Gasteiger partial charge in [0.25, 0.3) is 17.1 Å². The molecule has 3 aromatic carbocycles. The zero-order valence-corrected chi connectivity index (χ0v) is 24.5. The molecule has 208 valence electrons. The monoisotopic (exact) mass is 598 g/mol. The molecule has 0 bridgehead atoms. The SMILES string of the molecule is CCOc1cc(/C=C2/SC(=O)N(Cc3ccc(Cl)c(Cl)c3)C2=O)ccc1OCC(=O)Nc1ccccc1C(C)C. The summed E-state index contributed by atoms with van der Waals surface area (Å²) in [5.41, 5.74) is 3.12. The molecule has 0 unspecified atom stereocenters. The molecule has 1 saturated heterocycles. The number of rotatable bonds is 10. The van der Waals surface area contributed by atoms with Crippen LogP contribution in [0.25, 0.3) is 6.08 Å². The van der Waals surface area contributed by atoms with E-state index in [9.17, 15) is 14.4 Å². The predicted molar refractivity (Wildman–Crippen MR) is 160 cm³/mol. The van der Waals surface area contributed by atoms with Crippen LogP contribution in [0, 0.1) is 0 Å². The van der Waals surface area contributed by atoms with Crippen molar-refractivity contribution in [2.45, 2.75) is 33.2 Å². The maximum Gasteiger partial charge on any atom is 0.293 e. The van der Waals surface area contributed by atoms with E-state index in [-0.39, 0.29) is 35.1 Å². The van der Waals surface area contributed by atoms with Crippen LogP contribution < -0.4 is 14.8 Å². The van der Waals surface area contributed by atoms with Crippen LogP contribution in [-0.2, 0) is 16.1 Å². The minimum atomic E-state index is -0.405. The van der Waals surface area contributed by atoms with Crippen LogP contribution in [0.3, 0.4) is 0 Å². The zero-order valence-electron chi connectivity index (χ0n) is 22.2. The number of para-hydroxylation sites is 1. The van der Waals surface area contributed by atoms with Crippen molar-refractivity contribution in [1.29, 1.82) is 0 Å². The molecular weight excluding hydrogens is 571 g/mol. The van der Waals surface area contributed by atoms with Gasteiger partial charge in [-0.2, -0.15) is 0 Å². The Morgan fingerprint density at radius 3 is 2.50 bits per heavy atom. The van der Waals surface area contributed by atoms with Crippen LogP contribution >= 0.6 is 35.0 Å². The van der Waals surface area contributed by atoms with Gasteiger partial charge in [-0.05, 0) is 77.7 Å². The summed E-state index contributed by atoms with van der Waals surface area (Å²) in [4.78, 5) is 39.6. The van der Waals surface area contributed by atoms with Crippen LogP contribution in [-0.4, -0.2) is 35.2 Å². The van der Waals surface area contributed by atoms with Crippen molar-refractivity contribution >= 4 is 63.8 Å². The standard InChI is InChI=1S/C30H28Cl2N2O5S/c1-4-38-26-14-19(10-12-25(26)39-17-28(35)33-24-8-6-5-7-21(24)18(2)3)15-27-29(36)34(30(37)40-27)16-20-9-11-22(31)23(32)13-20/h5-15,18H,4,16-17H2,1-3H3,(H,33,35)/b27-15+. The number of anilines is 1. The number of ether oxygens (including phenoxy) is 2. The number of hydrogen-bond acceptors (Lipinski definition) is 6. The first-order chi connectivity index (χ1) is 19.2. The van der Waals surface area contributed by atoms with E-state index >= 15 is 0 Å². The molecule has 0 atom stereocenters. The van der Waals surface area contributed by atoms with Gasteiger partial charge in [-0.15, -0.1) is 0 Å². The Labute approximate surface area is 247 Å². The van der Waals surface area contributed by atoms with Gasteiger partial charge in [0.2, 0.25) is 0 Å².